The maximum Gasteiger partial charge on any atom is 0.317 e. The Labute approximate surface area is 167 Å². The zero-order valence-corrected chi connectivity index (χ0v) is 17.7. The van der Waals surface area contributed by atoms with E-state index in [9.17, 15) is 9.59 Å². The number of Topliss-reactive ketones (excluding diaryl/α,β-unsaturated/α-hetero) is 1. The second-order valence-corrected chi connectivity index (χ2v) is 8.80. The van der Waals surface area contributed by atoms with E-state index in [0.717, 1.165) is 49.1 Å². The molecule has 2 heterocycles. The minimum Gasteiger partial charge on any atom is -0.383 e. The summed E-state index contributed by atoms with van der Waals surface area (Å²) in [6, 6.07) is -0.163. The molecule has 7 heteroatoms. The molecule has 7 nitrogen and oxygen atoms in total. The Morgan fingerprint density at radius 3 is 2.86 bits per heavy atom. The normalized spacial score (nSPS) is 21.1. The smallest absolute Gasteiger partial charge is 0.317 e. The predicted molar refractivity (Wildman–Crippen MR) is 108 cm³/mol. The Morgan fingerprint density at radius 1 is 1.36 bits per heavy atom. The van der Waals surface area contributed by atoms with Crippen molar-refractivity contribution in [1.29, 1.82) is 0 Å². The van der Waals surface area contributed by atoms with Gasteiger partial charge >= 0.3 is 6.03 Å². The Morgan fingerprint density at radius 2 is 2.14 bits per heavy atom. The number of nitrogens with one attached hydrogen (secondary N) is 1. The number of rotatable bonds is 7. The van der Waals surface area contributed by atoms with Crippen LogP contribution in [0.4, 0.5) is 4.79 Å². The van der Waals surface area contributed by atoms with Crippen LogP contribution in [0.1, 0.15) is 80.7 Å². The summed E-state index contributed by atoms with van der Waals surface area (Å²) in [6.45, 7) is 8.94. The number of carbonyl (C=O) groups excluding carboxylic acids is 2. The molecule has 156 valence electrons. The largest absolute Gasteiger partial charge is 0.383 e. The van der Waals surface area contributed by atoms with Crippen molar-refractivity contribution in [1.82, 2.24) is 20.0 Å². The molecule has 28 heavy (non-hydrogen) atoms. The van der Waals surface area contributed by atoms with Gasteiger partial charge in [-0.2, -0.15) is 5.10 Å². The summed E-state index contributed by atoms with van der Waals surface area (Å²) in [4.78, 5) is 27.6. The molecule has 1 aromatic heterocycles. The van der Waals surface area contributed by atoms with Gasteiger partial charge in [-0.3, -0.25) is 9.48 Å². The molecular weight excluding hydrogens is 356 g/mol. The van der Waals surface area contributed by atoms with Gasteiger partial charge in [0.05, 0.1) is 36.1 Å². The summed E-state index contributed by atoms with van der Waals surface area (Å²) in [6.07, 6.45) is 5.15. The third-order valence-corrected chi connectivity index (χ3v) is 5.79. The summed E-state index contributed by atoms with van der Waals surface area (Å²) >= 11 is 0. The Kier molecular flexibility index (Phi) is 6.43. The minimum absolute atomic E-state index is 0.0419. The monoisotopic (exact) mass is 390 g/mol. The fourth-order valence-corrected chi connectivity index (χ4v) is 4.40. The summed E-state index contributed by atoms with van der Waals surface area (Å²) in [7, 11) is 1.67. The lowest BCUT2D eigenvalue weighted by Crippen LogP contribution is -2.40. The molecule has 1 aliphatic carbocycles. The highest BCUT2D eigenvalue weighted by molar-refractivity contribution is 6.00. The van der Waals surface area contributed by atoms with Gasteiger partial charge in [-0.1, -0.05) is 27.2 Å². The van der Waals surface area contributed by atoms with Crippen LogP contribution in [0.5, 0.6) is 0 Å². The number of nitrogens with zero attached hydrogens (tertiary/aromatic N) is 3. The third kappa shape index (κ3) is 4.24. The van der Waals surface area contributed by atoms with E-state index in [2.05, 4.69) is 26.1 Å². The van der Waals surface area contributed by atoms with E-state index in [0.29, 0.717) is 32.7 Å². The van der Waals surface area contributed by atoms with Crippen molar-refractivity contribution in [3.63, 3.8) is 0 Å². The highest BCUT2D eigenvalue weighted by Crippen LogP contribution is 2.41. The van der Waals surface area contributed by atoms with Crippen LogP contribution < -0.4 is 5.32 Å². The van der Waals surface area contributed by atoms with Crippen LogP contribution in [0.3, 0.4) is 0 Å². The van der Waals surface area contributed by atoms with Gasteiger partial charge in [0, 0.05) is 26.6 Å². The summed E-state index contributed by atoms with van der Waals surface area (Å²) < 4.78 is 7.19. The molecule has 1 aromatic rings. The van der Waals surface area contributed by atoms with Crippen LogP contribution in [0.2, 0.25) is 0 Å². The molecule has 0 saturated carbocycles. The molecule has 0 aromatic carbocycles. The molecule has 2 amide bonds. The maximum absolute atomic E-state index is 13.0. The Balaban J connectivity index is 1.91. The van der Waals surface area contributed by atoms with Crippen LogP contribution in [-0.2, 0) is 17.7 Å². The summed E-state index contributed by atoms with van der Waals surface area (Å²) in [5.41, 5.74) is 2.48. The first kappa shape index (κ1) is 20.8. The van der Waals surface area contributed by atoms with Gasteiger partial charge < -0.3 is 15.0 Å². The molecule has 0 bridgehead atoms. The zero-order valence-electron chi connectivity index (χ0n) is 17.7. The van der Waals surface area contributed by atoms with Gasteiger partial charge in [-0.05, 0) is 31.1 Å². The Hall–Kier alpha value is -1.89. The number of unbranched alkanes of at least 4 members (excludes halogenated alkanes) is 1. The lowest BCUT2D eigenvalue weighted by molar-refractivity contribution is 0.0905. The number of likely N-dealkylation sites (tertiary alicyclic amines) is 1. The van der Waals surface area contributed by atoms with Crippen LogP contribution in [0.25, 0.3) is 0 Å². The van der Waals surface area contributed by atoms with Crippen molar-refractivity contribution in [2.24, 2.45) is 5.41 Å². The fraction of sp³-hybridized carbons (Fsp3) is 0.762. The average molecular weight is 391 g/mol. The molecule has 1 aliphatic heterocycles. The lowest BCUT2D eigenvalue weighted by Gasteiger charge is -2.30. The topological polar surface area (TPSA) is 76.5 Å². The van der Waals surface area contributed by atoms with Crippen LogP contribution in [0, 0.1) is 5.41 Å². The number of carbonyl (C=O) groups is 2. The van der Waals surface area contributed by atoms with E-state index in [-0.39, 0.29) is 23.3 Å². The molecule has 1 atom stereocenters. The van der Waals surface area contributed by atoms with Gasteiger partial charge in [0.15, 0.2) is 5.78 Å². The van der Waals surface area contributed by atoms with Gasteiger partial charge in [-0.25, -0.2) is 4.79 Å². The SMILES string of the molecule is CCCCNC(=O)N1CCC[C@H]1c1nn(CCOC)c2c1C(=O)CC(C)(C)C2. The molecule has 0 spiro atoms. The number of urea groups is 1. The Bertz CT molecular complexity index is 725. The number of hydrogen-bond donors (Lipinski definition) is 1. The molecule has 3 rings (SSSR count). The number of aromatic nitrogens is 2. The van der Waals surface area contributed by atoms with Gasteiger partial charge in [0.25, 0.3) is 0 Å². The molecule has 2 aliphatic rings. The maximum atomic E-state index is 13.0. The average Bonchev–Trinajstić information content (AvgIpc) is 3.23. The number of hydrogen-bond acceptors (Lipinski definition) is 4. The highest BCUT2D eigenvalue weighted by atomic mass is 16.5. The number of ketones is 1. The van der Waals surface area contributed by atoms with Crippen molar-refractivity contribution in [3.05, 3.63) is 17.0 Å². The molecule has 1 fully saturated rings. The van der Waals surface area contributed by atoms with Crippen molar-refractivity contribution in [2.45, 2.75) is 71.9 Å². The fourth-order valence-electron chi connectivity index (χ4n) is 4.40. The van der Waals surface area contributed by atoms with E-state index in [4.69, 9.17) is 9.84 Å². The number of fused-ring (bicyclic) bond motifs is 1. The van der Waals surface area contributed by atoms with Crippen molar-refractivity contribution in [2.75, 3.05) is 26.8 Å². The van der Waals surface area contributed by atoms with Gasteiger partial charge in [0.1, 0.15) is 0 Å². The van der Waals surface area contributed by atoms with E-state index in [1.807, 2.05) is 9.58 Å². The minimum atomic E-state index is -0.121. The number of amides is 2. The number of ether oxygens (including phenoxy) is 1. The highest BCUT2D eigenvalue weighted by Gasteiger charge is 2.41. The predicted octanol–water partition coefficient (Wildman–Crippen LogP) is 3.33. The van der Waals surface area contributed by atoms with Crippen molar-refractivity contribution >= 4 is 11.8 Å². The molecule has 0 unspecified atom stereocenters. The van der Waals surface area contributed by atoms with Crippen molar-refractivity contribution in [3.8, 4) is 0 Å². The standard InChI is InChI=1S/C21H34N4O3/c1-5-6-9-22-20(27)24-10-7-8-15(24)19-18-16(25(23-19)11-12-28-4)13-21(2,3)14-17(18)26/h15H,5-14H2,1-4H3,(H,22,27)/t15-/m0/s1. The second kappa shape index (κ2) is 8.64. The zero-order chi connectivity index (χ0) is 20.3. The van der Waals surface area contributed by atoms with E-state index in [1.54, 1.807) is 7.11 Å². The lowest BCUT2D eigenvalue weighted by atomic mass is 9.75. The van der Waals surface area contributed by atoms with Gasteiger partial charge in [0.2, 0.25) is 0 Å². The first-order valence-corrected chi connectivity index (χ1v) is 10.5. The quantitative estimate of drug-likeness (QED) is 0.725. The van der Waals surface area contributed by atoms with Crippen LogP contribution in [-0.4, -0.2) is 53.3 Å². The van der Waals surface area contributed by atoms with Crippen molar-refractivity contribution < 1.29 is 14.3 Å². The molecule has 0 radical (unpaired) electrons. The molecule has 1 N–H and O–H groups in total. The summed E-state index contributed by atoms with van der Waals surface area (Å²) in [5.74, 6) is 0.156. The molecule has 1 saturated heterocycles. The van der Waals surface area contributed by atoms with E-state index in [1.165, 1.54) is 0 Å². The van der Waals surface area contributed by atoms with Crippen LogP contribution in [0.15, 0.2) is 0 Å². The first-order chi connectivity index (χ1) is 13.4. The molecular formula is C21H34N4O3. The number of methoxy groups -OCH3 is 1. The van der Waals surface area contributed by atoms with Gasteiger partial charge in [-0.15, -0.1) is 0 Å². The second-order valence-electron chi connectivity index (χ2n) is 8.80. The van der Waals surface area contributed by atoms with E-state index < -0.39 is 0 Å². The first-order valence-electron chi connectivity index (χ1n) is 10.5. The van der Waals surface area contributed by atoms with Crippen LogP contribution >= 0.6 is 0 Å². The summed E-state index contributed by atoms with van der Waals surface area (Å²) in [5, 5.41) is 7.87. The third-order valence-electron chi connectivity index (χ3n) is 5.79. The van der Waals surface area contributed by atoms with E-state index >= 15 is 0 Å².